The van der Waals surface area contributed by atoms with Crippen molar-refractivity contribution < 1.29 is 9.18 Å². The topological polar surface area (TPSA) is 34.0 Å². The van der Waals surface area contributed by atoms with E-state index in [-0.39, 0.29) is 18.3 Å². The molecule has 0 bridgehead atoms. The van der Waals surface area contributed by atoms with Gasteiger partial charge in [-0.3, -0.25) is 4.79 Å². The number of halogens is 2. The van der Waals surface area contributed by atoms with E-state index in [1.807, 2.05) is 22.9 Å². The van der Waals surface area contributed by atoms with Crippen LogP contribution in [0.4, 0.5) is 4.39 Å². The summed E-state index contributed by atoms with van der Waals surface area (Å²) >= 11 is 5.12. The van der Waals surface area contributed by atoms with Crippen LogP contribution in [0.5, 0.6) is 0 Å². The van der Waals surface area contributed by atoms with Crippen molar-refractivity contribution in [3.63, 3.8) is 0 Å². The fraction of sp³-hybridized carbons (Fsp3) is 0.167. The van der Waals surface area contributed by atoms with Crippen LogP contribution in [0.25, 0.3) is 10.2 Å². The smallest absolute Gasteiger partial charge is 0.268 e. The molecule has 0 atom stereocenters. The van der Waals surface area contributed by atoms with Gasteiger partial charge in [-0.1, -0.05) is 24.3 Å². The van der Waals surface area contributed by atoms with E-state index in [1.165, 1.54) is 12.1 Å². The number of hydrogen-bond acceptors (Lipinski definition) is 2. The Morgan fingerprint density at radius 2 is 2.21 bits per heavy atom. The molecule has 0 saturated heterocycles. The van der Waals surface area contributed by atoms with Gasteiger partial charge in [0.2, 0.25) is 0 Å². The summed E-state index contributed by atoms with van der Waals surface area (Å²) in [4.78, 5) is 12.6. The largest absolute Gasteiger partial charge is 0.347 e. The quantitative estimate of drug-likeness (QED) is 0.586. The number of benzene rings is 1. The molecule has 3 rings (SSSR count). The molecule has 2 heterocycles. The fourth-order valence-corrected chi connectivity index (χ4v) is 4.27. The molecule has 0 saturated carbocycles. The van der Waals surface area contributed by atoms with Crippen LogP contribution in [-0.2, 0) is 13.1 Å². The standard InChI is InChI=1S/C18H16BrFN2OS/c1-11(2)9-22-15(7-16-17(22)14(19)10-24-16)18(23)21-8-12-4-3-5-13(20)6-12/h3-7,10H,1,8-9H2,2H3,(H,21,23). The minimum Gasteiger partial charge on any atom is -0.347 e. The molecule has 0 unspecified atom stereocenters. The Bertz CT molecular complexity index is 928. The van der Waals surface area contributed by atoms with Crippen molar-refractivity contribution in [2.45, 2.75) is 20.0 Å². The van der Waals surface area contributed by atoms with Crippen LogP contribution in [0, 0.1) is 5.82 Å². The zero-order valence-electron chi connectivity index (χ0n) is 13.1. The van der Waals surface area contributed by atoms with Crippen LogP contribution in [0.1, 0.15) is 23.0 Å². The number of nitrogens with one attached hydrogen (secondary N) is 1. The summed E-state index contributed by atoms with van der Waals surface area (Å²) in [6, 6.07) is 8.10. The lowest BCUT2D eigenvalue weighted by atomic mass is 10.2. The minimum absolute atomic E-state index is 0.184. The predicted molar refractivity (Wildman–Crippen MR) is 99.9 cm³/mol. The first-order valence-electron chi connectivity index (χ1n) is 7.39. The second-order valence-corrected chi connectivity index (χ2v) is 7.45. The fourth-order valence-electron chi connectivity index (χ4n) is 2.57. The van der Waals surface area contributed by atoms with Gasteiger partial charge in [-0.2, -0.15) is 0 Å². The monoisotopic (exact) mass is 406 g/mol. The maximum absolute atomic E-state index is 13.2. The van der Waals surface area contributed by atoms with Crippen molar-refractivity contribution in [3.05, 3.63) is 69.4 Å². The van der Waals surface area contributed by atoms with Crippen LogP contribution in [-0.4, -0.2) is 10.5 Å². The number of nitrogens with zero attached hydrogens (tertiary/aromatic N) is 1. The lowest BCUT2D eigenvalue weighted by Gasteiger charge is -2.11. The number of amides is 1. The van der Waals surface area contributed by atoms with E-state index < -0.39 is 0 Å². The molecule has 1 amide bonds. The molecule has 24 heavy (non-hydrogen) atoms. The summed E-state index contributed by atoms with van der Waals surface area (Å²) < 4.78 is 17.2. The van der Waals surface area contributed by atoms with Crippen molar-refractivity contribution in [3.8, 4) is 0 Å². The first-order valence-corrected chi connectivity index (χ1v) is 9.06. The number of allylic oxidation sites excluding steroid dienone is 1. The van der Waals surface area contributed by atoms with E-state index >= 15 is 0 Å². The maximum atomic E-state index is 13.2. The zero-order chi connectivity index (χ0) is 17.3. The highest BCUT2D eigenvalue weighted by Gasteiger charge is 2.18. The maximum Gasteiger partial charge on any atom is 0.268 e. The number of aromatic nitrogens is 1. The normalized spacial score (nSPS) is 11.0. The van der Waals surface area contributed by atoms with Gasteiger partial charge in [0.25, 0.3) is 5.91 Å². The molecule has 0 radical (unpaired) electrons. The molecule has 1 N–H and O–H groups in total. The van der Waals surface area contributed by atoms with Crippen molar-refractivity contribution in [2.75, 3.05) is 0 Å². The average Bonchev–Trinajstić information content (AvgIpc) is 3.06. The lowest BCUT2D eigenvalue weighted by Crippen LogP contribution is -2.25. The van der Waals surface area contributed by atoms with Crippen LogP contribution < -0.4 is 5.32 Å². The van der Waals surface area contributed by atoms with Gasteiger partial charge in [0.15, 0.2) is 0 Å². The highest BCUT2D eigenvalue weighted by molar-refractivity contribution is 9.10. The van der Waals surface area contributed by atoms with Crippen LogP contribution in [0.2, 0.25) is 0 Å². The van der Waals surface area contributed by atoms with Gasteiger partial charge in [-0.05, 0) is 46.6 Å². The number of hydrogen-bond donors (Lipinski definition) is 1. The van der Waals surface area contributed by atoms with Gasteiger partial charge in [0.05, 0.1) is 14.7 Å². The van der Waals surface area contributed by atoms with E-state index in [4.69, 9.17) is 0 Å². The third-order valence-electron chi connectivity index (χ3n) is 3.58. The Labute approximate surface area is 151 Å². The van der Waals surface area contributed by atoms with E-state index in [2.05, 4.69) is 27.8 Å². The minimum atomic E-state index is -0.308. The molecule has 0 aliphatic heterocycles. The van der Waals surface area contributed by atoms with Crippen LogP contribution in [0.15, 0.2) is 52.3 Å². The Kier molecular flexibility index (Phi) is 4.87. The summed E-state index contributed by atoms with van der Waals surface area (Å²) in [5, 5.41) is 4.87. The first-order chi connectivity index (χ1) is 11.5. The zero-order valence-corrected chi connectivity index (χ0v) is 15.5. The average molecular weight is 407 g/mol. The molecule has 0 spiro atoms. The lowest BCUT2D eigenvalue weighted by molar-refractivity contribution is 0.0942. The van der Waals surface area contributed by atoms with Gasteiger partial charge in [0, 0.05) is 18.5 Å². The van der Waals surface area contributed by atoms with Gasteiger partial charge < -0.3 is 9.88 Å². The van der Waals surface area contributed by atoms with E-state index in [1.54, 1.807) is 23.5 Å². The highest BCUT2D eigenvalue weighted by atomic mass is 79.9. The molecule has 0 fully saturated rings. The third kappa shape index (κ3) is 3.44. The molecule has 0 aliphatic rings. The Hall–Kier alpha value is -1.92. The van der Waals surface area contributed by atoms with E-state index in [9.17, 15) is 9.18 Å². The predicted octanol–water partition coefficient (Wildman–Crippen LogP) is 5.11. The third-order valence-corrected chi connectivity index (χ3v) is 5.41. The number of thiophene rings is 1. The Morgan fingerprint density at radius 1 is 1.42 bits per heavy atom. The highest BCUT2D eigenvalue weighted by Crippen LogP contribution is 2.33. The second kappa shape index (κ2) is 6.91. The molecular formula is C18H16BrFN2OS. The SMILES string of the molecule is C=C(C)Cn1c(C(=O)NCc2cccc(F)c2)cc2scc(Br)c21. The van der Waals surface area contributed by atoms with Crippen LogP contribution >= 0.6 is 27.3 Å². The number of rotatable bonds is 5. The Morgan fingerprint density at radius 3 is 2.92 bits per heavy atom. The van der Waals surface area contributed by atoms with Crippen molar-refractivity contribution >= 4 is 43.4 Å². The molecule has 6 heteroatoms. The van der Waals surface area contributed by atoms with E-state index in [0.29, 0.717) is 12.2 Å². The molecule has 3 nitrogen and oxygen atoms in total. The summed E-state index contributed by atoms with van der Waals surface area (Å²) in [5.41, 5.74) is 3.27. The molecule has 0 aliphatic carbocycles. The first kappa shape index (κ1) is 16.9. The molecular weight excluding hydrogens is 391 g/mol. The number of fused-ring (bicyclic) bond motifs is 1. The van der Waals surface area contributed by atoms with Gasteiger partial charge in [-0.25, -0.2) is 4.39 Å². The molecule has 3 aromatic rings. The molecule has 124 valence electrons. The van der Waals surface area contributed by atoms with E-state index in [0.717, 1.165) is 25.8 Å². The van der Waals surface area contributed by atoms with Gasteiger partial charge in [0.1, 0.15) is 11.5 Å². The molecule has 1 aromatic carbocycles. The summed E-state index contributed by atoms with van der Waals surface area (Å²) in [5.74, 6) is -0.493. The summed E-state index contributed by atoms with van der Waals surface area (Å²) in [6.07, 6.45) is 0. The molecule has 2 aromatic heterocycles. The van der Waals surface area contributed by atoms with Gasteiger partial charge in [-0.15, -0.1) is 11.3 Å². The number of carbonyl (C=O) groups is 1. The van der Waals surface area contributed by atoms with Gasteiger partial charge >= 0.3 is 0 Å². The Balaban J connectivity index is 1.87. The van der Waals surface area contributed by atoms with Crippen LogP contribution in [0.3, 0.4) is 0 Å². The second-order valence-electron chi connectivity index (χ2n) is 5.68. The van der Waals surface area contributed by atoms with Crippen molar-refractivity contribution in [2.24, 2.45) is 0 Å². The number of carbonyl (C=O) groups excluding carboxylic acids is 1. The summed E-state index contributed by atoms with van der Waals surface area (Å²) in [6.45, 7) is 6.73. The van der Waals surface area contributed by atoms with Crippen molar-refractivity contribution in [1.29, 1.82) is 0 Å². The van der Waals surface area contributed by atoms with Crippen molar-refractivity contribution in [1.82, 2.24) is 9.88 Å². The summed E-state index contributed by atoms with van der Waals surface area (Å²) in [7, 11) is 0.